The van der Waals surface area contributed by atoms with Gasteiger partial charge in [-0.3, -0.25) is 4.79 Å². The number of aryl methyl sites for hydroxylation is 1. The van der Waals surface area contributed by atoms with Crippen LogP contribution >= 0.6 is 0 Å². The third kappa shape index (κ3) is 2.25. The molecule has 0 saturated carbocycles. The SMILES string of the molecule is COc1ccccc1C(O)c1cc(C)c2c(c1)C(C)C(=O)N2. The van der Waals surface area contributed by atoms with Gasteiger partial charge in [-0.2, -0.15) is 0 Å². The minimum Gasteiger partial charge on any atom is -0.496 e. The highest BCUT2D eigenvalue weighted by atomic mass is 16.5. The smallest absolute Gasteiger partial charge is 0.231 e. The average Bonchev–Trinajstić information content (AvgIpc) is 2.82. The van der Waals surface area contributed by atoms with E-state index in [0.717, 1.165) is 22.4 Å². The summed E-state index contributed by atoms with van der Waals surface area (Å²) in [6.45, 7) is 3.81. The number of hydrogen-bond acceptors (Lipinski definition) is 3. The zero-order valence-electron chi connectivity index (χ0n) is 12.9. The molecule has 0 aromatic heterocycles. The van der Waals surface area contributed by atoms with E-state index in [9.17, 15) is 9.90 Å². The molecule has 0 spiro atoms. The van der Waals surface area contributed by atoms with Crippen LogP contribution in [0.3, 0.4) is 0 Å². The highest BCUT2D eigenvalue weighted by molar-refractivity contribution is 6.03. The second-order valence-electron chi connectivity index (χ2n) is 5.66. The Kier molecular flexibility index (Phi) is 3.62. The number of carbonyl (C=O) groups excluding carboxylic acids is 1. The summed E-state index contributed by atoms with van der Waals surface area (Å²) >= 11 is 0. The fraction of sp³-hybridized carbons (Fsp3) is 0.278. The first-order valence-electron chi connectivity index (χ1n) is 7.29. The second-order valence-corrected chi connectivity index (χ2v) is 5.66. The molecular weight excluding hydrogens is 278 g/mol. The lowest BCUT2D eigenvalue weighted by atomic mass is 9.93. The Balaban J connectivity index is 2.06. The maximum Gasteiger partial charge on any atom is 0.231 e. The Hall–Kier alpha value is -2.33. The first-order valence-corrected chi connectivity index (χ1v) is 7.29. The number of benzene rings is 2. The van der Waals surface area contributed by atoms with Gasteiger partial charge in [0.15, 0.2) is 0 Å². The maximum absolute atomic E-state index is 11.8. The van der Waals surface area contributed by atoms with Crippen molar-refractivity contribution in [2.45, 2.75) is 25.9 Å². The van der Waals surface area contributed by atoms with Crippen molar-refractivity contribution in [2.24, 2.45) is 0 Å². The molecule has 0 fully saturated rings. The number of methoxy groups -OCH3 is 1. The maximum atomic E-state index is 11.8. The Bertz CT molecular complexity index is 739. The predicted molar refractivity (Wildman–Crippen MR) is 85.3 cm³/mol. The Morgan fingerprint density at radius 2 is 2.00 bits per heavy atom. The van der Waals surface area contributed by atoms with Gasteiger partial charge < -0.3 is 15.2 Å². The molecule has 4 heteroatoms. The van der Waals surface area contributed by atoms with Crippen molar-refractivity contribution in [2.75, 3.05) is 12.4 Å². The zero-order chi connectivity index (χ0) is 15.9. The molecule has 2 unspecified atom stereocenters. The van der Waals surface area contributed by atoms with E-state index in [4.69, 9.17) is 4.74 Å². The number of para-hydroxylation sites is 1. The van der Waals surface area contributed by atoms with Gasteiger partial charge in [0.05, 0.1) is 13.0 Å². The molecular formula is C18H19NO3. The first-order chi connectivity index (χ1) is 10.5. The fourth-order valence-electron chi connectivity index (χ4n) is 2.96. The third-order valence-electron chi connectivity index (χ3n) is 4.25. The number of fused-ring (bicyclic) bond motifs is 1. The van der Waals surface area contributed by atoms with Gasteiger partial charge in [-0.05, 0) is 42.7 Å². The monoisotopic (exact) mass is 297 g/mol. The number of nitrogens with one attached hydrogen (secondary N) is 1. The van der Waals surface area contributed by atoms with Crippen LogP contribution in [0, 0.1) is 6.92 Å². The number of aliphatic hydroxyl groups excluding tert-OH is 1. The summed E-state index contributed by atoms with van der Waals surface area (Å²) in [4.78, 5) is 11.8. The standard InChI is InChI=1S/C18H19NO3/c1-10-8-12(9-14-11(2)18(21)19-16(10)14)17(20)13-6-4-5-7-15(13)22-3/h4-9,11,17,20H,1-3H3,(H,19,21). The Morgan fingerprint density at radius 3 is 2.73 bits per heavy atom. The molecule has 22 heavy (non-hydrogen) atoms. The van der Waals surface area contributed by atoms with E-state index < -0.39 is 6.10 Å². The van der Waals surface area contributed by atoms with Crippen molar-refractivity contribution in [3.8, 4) is 5.75 Å². The molecule has 0 radical (unpaired) electrons. The molecule has 2 aromatic carbocycles. The van der Waals surface area contributed by atoms with Crippen molar-refractivity contribution < 1.29 is 14.6 Å². The van der Waals surface area contributed by atoms with Crippen LogP contribution in [0.4, 0.5) is 5.69 Å². The van der Waals surface area contributed by atoms with Crippen molar-refractivity contribution in [3.05, 3.63) is 58.7 Å². The summed E-state index contributed by atoms with van der Waals surface area (Å²) < 4.78 is 5.32. The highest BCUT2D eigenvalue weighted by Crippen LogP contribution is 2.39. The number of ether oxygens (including phenoxy) is 1. The molecule has 2 N–H and O–H groups in total. The topological polar surface area (TPSA) is 58.6 Å². The summed E-state index contributed by atoms with van der Waals surface area (Å²) in [6.07, 6.45) is -0.789. The van der Waals surface area contributed by atoms with E-state index >= 15 is 0 Å². The minimum absolute atomic E-state index is 0.00188. The molecule has 1 aliphatic heterocycles. The molecule has 0 bridgehead atoms. The summed E-state index contributed by atoms with van der Waals surface area (Å²) in [5.74, 6) is 0.455. The predicted octanol–water partition coefficient (Wildman–Crippen LogP) is 3.14. The van der Waals surface area contributed by atoms with Gasteiger partial charge in [-0.15, -0.1) is 0 Å². The van der Waals surface area contributed by atoms with E-state index in [1.54, 1.807) is 7.11 Å². The van der Waals surface area contributed by atoms with E-state index in [2.05, 4.69) is 5.32 Å². The van der Waals surface area contributed by atoms with Crippen molar-refractivity contribution in [3.63, 3.8) is 0 Å². The van der Waals surface area contributed by atoms with E-state index in [1.165, 1.54) is 0 Å². The van der Waals surface area contributed by atoms with Gasteiger partial charge in [0, 0.05) is 11.3 Å². The summed E-state index contributed by atoms with van der Waals surface area (Å²) in [6, 6.07) is 11.2. The number of anilines is 1. The largest absolute Gasteiger partial charge is 0.496 e. The van der Waals surface area contributed by atoms with Gasteiger partial charge in [0.2, 0.25) is 5.91 Å². The molecule has 114 valence electrons. The lowest BCUT2D eigenvalue weighted by molar-refractivity contribution is -0.116. The number of amides is 1. The molecule has 3 rings (SSSR count). The van der Waals surface area contributed by atoms with Crippen LogP contribution in [0.25, 0.3) is 0 Å². The Labute approximate surface area is 129 Å². The van der Waals surface area contributed by atoms with Crippen molar-refractivity contribution >= 4 is 11.6 Å². The zero-order valence-corrected chi connectivity index (χ0v) is 12.9. The molecule has 1 heterocycles. The summed E-state index contributed by atoms with van der Waals surface area (Å²) in [5, 5.41) is 13.6. The number of carbonyl (C=O) groups is 1. The van der Waals surface area contributed by atoms with Crippen LogP contribution in [0.5, 0.6) is 5.75 Å². The van der Waals surface area contributed by atoms with E-state index in [-0.39, 0.29) is 11.8 Å². The molecule has 0 aliphatic carbocycles. The van der Waals surface area contributed by atoms with Crippen molar-refractivity contribution in [1.29, 1.82) is 0 Å². The summed E-state index contributed by atoms with van der Waals surface area (Å²) in [5.41, 5.74) is 4.25. The van der Waals surface area contributed by atoms with Crippen LogP contribution in [0.2, 0.25) is 0 Å². The van der Waals surface area contributed by atoms with Crippen LogP contribution in [0.1, 0.15) is 41.2 Å². The molecule has 2 aromatic rings. The van der Waals surface area contributed by atoms with Crippen LogP contribution in [0.15, 0.2) is 36.4 Å². The number of aliphatic hydroxyl groups is 1. The van der Waals surface area contributed by atoms with Crippen molar-refractivity contribution in [1.82, 2.24) is 0 Å². The first kappa shape index (κ1) is 14.6. The van der Waals surface area contributed by atoms with Gasteiger partial charge in [0.25, 0.3) is 0 Å². The fourth-order valence-corrected chi connectivity index (χ4v) is 2.96. The van der Waals surface area contributed by atoms with Gasteiger partial charge in [-0.1, -0.05) is 24.3 Å². The van der Waals surface area contributed by atoms with Crippen LogP contribution in [-0.4, -0.2) is 18.1 Å². The molecule has 4 nitrogen and oxygen atoms in total. The lowest BCUT2D eigenvalue weighted by Gasteiger charge is -2.17. The van der Waals surface area contributed by atoms with Crippen LogP contribution < -0.4 is 10.1 Å². The Morgan fingerprint density at radius 1 is 1.27 bits per heavy atom. The second kappa shape index (κ2) is 5.46. The van der Waals surface area contributed by atoms with E-state index in [1.807, 2.05) is 50.2 Å². The molecule has 0 saturated heterocycles. The third-order valence-corrected chi connectivity index (χ3v) is 4.25. The van der Waals surface area contributed by atoms with Gasteiger partial charge in [-0.25, -0.2) is 0 Å². The van der Waals surface area contributed by atoms with Gasteiger partial charge in [0.1, 0.15) is 11.9 Å². The average molecular weight is 297 g/mol. The summed E-state index contributed by atoms with van der Waals surface area (Å²) in [7, 11) is 1.59. The minimum atomic E-state index is -0.789. The van der Waals surface area contributed by atoms with E-state index in [0.29, 0.717) is 11.3 Å². The molecule has 2 atom stereocenters. The quantitative estimate of drug-likeness (QED) is 0.915. The van der Waals surface area contributed by atoms with Gasteiger partial charge >= 0.3 is 0 Å². The van der Waals surface area contributed by atoms with Crippen LogP contribution in [-0.2, 0) is 4.79 Å². The number of rotatable bonds is 3. The molecule has 1 amide bonds. The molecule has 1 aliphatic rings. The lowest BCUT2D eigenvalue weighted by Crippen LogP contribution is -2.08. The normalized spacial score (nSPS) is 17.8. The highest BCUT2D eigenvalue weighted by Gasteiger charge is 2.29. The number of hydrogen-bond donors (Lipinski definition) is 2.